The summed E-state index contributed by atoms with van der Waals surface area (Å²) in [4.78, 5) is 0. The molecule has 2 N–H and O–H groups in total. The second-order valence-corrected chi connectivity index (χ2v) is 5.10. The van der Waals surface area contributed by atoms with Crippen molar-refractivity contribution in [1.82, 2.24) is 0 Å². The van der Waals surface area contributed by atoms with E-state index in [-0.39, 0.29) is 0 Å². The van der Waals surface area contributed by atoms with E-state index in [4.69, 9.17) is 10.5 Å². The molecule has 2 nitrogen and oxygen atoms in total. The Morgan fingerprint density at radius 2 is 2.12 bits per heavy atom. The zero-order chi connectivity index (χ0) is 12.1. The molecule has 1 aliphatic carbocycles. The number of hydrogen-bond donors (Lipinski definition) is 1. The predicted molar refractivity (Wildman–Crippen MR) is 71.4 cm³/mol. The van der Waals surface area contributed by atoms with Crippen LogP contribution < -0.4 is 10.5 Å². The van der Waals surface area contributed by atoms with Gasteiger partial charge >= 0.3 is 0 Å². The SMILES string of the molecule is COc1cccc(C(CN)CC2CCCC2)c1. The summed E-state index contributed by atoms with van der Waals surface area (Å²) in [5, 5.41) is 0. The second kappa shape index (κ2) is 6.06. The van der Waals surface area contributed by atoms with Crippen molar-refractivity contribution in [3.63, 3.8) is 0 Å². The van der Waals surface area contributed by atoms with Crippen LogP contribution in [0.5, 0.6) is 5.75 Å². The van der Waals surface area contributed by atoms with E-state index in [1.54, 1.807) is 7.11 Å². The molecular weight excluding hydrogens is 210 g/mol. The normalized spacial score (nSPS) is 18.2. The third-order valence-corrected chi connectivity index (χ3v) is 3.94. The second-order valence-electron chi connectivity index (χ2n) is 5.10. The molecule has 0 saturated heterocycles. The fourth-order valence-corrected chi connectivity index (χ4v) is 2.91. The van der Waals surface area contributed by atoms with Crippen LogP contribution in [-0.4, -0.2) is 13.7 Å². The number of benzene rings is 1. The maximum Gasteiger partial charge on any atom is 0.119 e. The molecule has 0 heterocycles. The highest BCUT2D eigenvalue weighted by Gasteiger charge is 2.20. The zero-order valence-electron chi connectivity index (χ0n) is 10.7. The van der Waals surface area contributed by atoms with E-state index in [0.717, 1.165) is 18.2 Å². The van der Waals surface area contributed by atoms with Gasteiger partial charge in [0.15, 0.2) is 0 Å². The van der Waals surface area contributed by atoms with Crippen molar-refractivity contribution in [1.29, 1.82) is 0 Å². The Kier molecular flexibility index (Phi) is 4.43. The quantitative estimate of drug-likeness (QED) is 0.846. The van der Waals surface area contributed by atoms with E-state index < -0.39 is 0 Å². The minimum atomic E-state index is 0.494. The monoisotopic (exact) mass is 233 g/mol. The first kappa shape index (κ1) is 12.4. The third-order valence-electron chi connectivity index (χ3n) is 3.94. The Morgan fingerprint density at radius 1 is 1.35 bits per heavy atom. The van der Waals surface area contributed by atoms with Crippen molar-refractivity contribution >= 4 is 0 Å². The molecule has 94 valence electrons. The highest BCUT2D eigenvalue weighted by molar-refractivity contribution is 5.31. The summed E-state index contributed by atoms with van der Waals surface area (Å²) < 4.78 is 5.28. The van der Waals surface area contributed by atoms with E-state index in [2.05, 4.69) is 18.2 Å². The van der Waals surface area contributed by atoms with Gasteiger partial charge < -0.3 is 10.5 Å². The molecule has 0 amide bonds. The molecule has 17 heavy (non-hydrogen) atoms. The lowest BCUT2D eigenvalue weighted by Gasteiger charge is -2.19. The summed E-state index contributed by atoms with van der Waals surface area (Å²) >= 11 is 0. The summed E-state index contributed by atoms with van der Waals surface area (Å²) in [6.07, 6.45) is 6.82. The lowest BCUT2D eigenvalue weighted by Crippen LogP contribution is -2.15. The summed E-state index contributed by atoms with van der Waals surface area (Å²) in [6.45, 7) is 0.740. The van der Waals surface area contributed by atoms with Gasteiger partial charge in [-0.1, -0.05) is 37.8 Å². The molecule has 1 atom stereocenters. The van der Waals surface area contributed by atoms with E-state index >= 15 is 0 Å². The number of hydrogen-bond acceptors (Lipinski definition) is 2. The molecule has 1 fully saturated rings. The number of ether oxygens (including phenoxy) is 1. The van der Waals surface area contributed by atoms with Gasteiger partial charge in [-0.2, -0.15) is 0 Å². The van der Waals surface area contributed by atoms with Crippen LogP contribution in [0.15, 0.2) is 24.3 Å². The minimum absolute atomic E-state index is 0.494. The molecule has 2 rings (SSSR count). The van der Waals surface area contributed by atoms with Gasteiger partial charge in [0.25, 0.3) is 0 Å². The Labute approximate surface area is 104 Å². The highest BCUT2D eigenvalue weighted by Crippen LogP contribution is 2.34. The maximum absolute atomic E-state index is 5.93. The maximum atomic E-state index is 5.93. The van der Waals surface area contributed by atoms with E-state index in [0.29, 0.717) is 5.92 Å². The number of nitrogens with two attached hydrogens (primary N) is 1. The van der Waals surface area contributed by atoms with Gasteiger partial charge in [0, 0.05) is 0 Å². The molecule has 1 aliphatic rings. The molecule has 1 saturated carbocycles. The van der Waals surface area contributed by atoms with Crippen LogP contribution in [0.3, 0.4) is 0 Å². The fourth-order valence-electron chi connectivity index (χ4n) is 2.91. The fraction of sp³-hybridized carbons (Fsp3) is 0.600. The molecule has 0 aromatic heterocycles. The summed E-state index contributed by atoms with van der Waals surface area (Å²) in [7, 11) is 1.72. The highest BCUT2D eigenvalue weighted by atomic mass is 16.5. The minimum Gasteiger partial charge on any atom is -0.497 e. The first-order valence-electron chi connectivity index (χ1n) is 6.67. The molecule has 1 aromatic rings. The van der Waals surface area contributed by atoms with Crippen molar-refractivity contribution in [3.05, 3.63) is 29.8 Å². The average molecular weight is 233 g/mol. The van der Waals surface area contributed by atoms with Crippen LogP contribution >= 0.6 is 0 Å². The van der Waals surface area contributed by atoms with Crippen LogP contribution in [0, 0.1) is 5.92 Å². The molecule has 2 heteroatoms. The first-order chi connectivity index (χ1) is 8.33. The van der Waals surface area contributed by atoms with Crippen molar-refractivity contribution in [2.24, 2.45) is 11.7 Å². The van der Waals surface area contributed by atoms with Gasteiger partial charge in [-0.3, -0.25) is 0 Å². The van der Waals surface area contributed by atoms with Crippen LogP contribution in [0.25, 0.3) is 0 Å². The molecule has 0 spiro atoms. The van der Waals surface area contributed by atoms with Gasteiger partial charge in [-0.05, 0) is 42.5 Å². The molecule has 1 unspecified atom stereocenters. The molecule has 0 aliphatic heterocycles. The number of methoxy groups -OCH3 is 1. The van der Waals surface area contributed by atoms with Gasteiger partial charge in [0.1, 0.15) is 5.75 Å². The number of rotatable bonds is 5. The van der Waals surface area contributed by atoms with Crippen molar-refractivity contribution in [2.75, 3.05) is 13.7 Å². The standard InChI is InChI=1S/C15H23NO/c1-17-15-8-4-7-13(10-15)14(11-16)9-12-5-2-3-6-12/h4,7-8,10,12,14H,2-3,5-6,9,11,16H2,1H3. The Balaban J connectivity index is 2.04. The predicted octanol–water partition coefficient (Wildman–Crippen LogP) is 3.32. The van der Waals surface area contributed by atoms with Gasteiger partial charge in [0.2, 0.25) is 0 Å². The van der Waals surface area contributed by atoms with Crippen LogP contribution in [-0.2, 0) is 0 Å². The van der Waals surface area contributed by atoms with Crippen molar-refractivity contribution < 1.29 is 4.74 Å². The summed E-state index contributed by atoms with van der Waals surface area (Å²) in [6, 6.07) is 8.36. The lowest BCUT2D eigenvalue weighted by molar-refractivity contribution is 0.411. The largest absolute Gasteiger partial charge is 0.497 e. The van der Waals surface area contributed by atoms with E-state index in [9.17, 15) is 0 Å². The van der Waals surface area contributed by atoms with Gasteiger partial charge in [-0.25, -0.2) is 0 Å². The van der Waals surface area contributed by atoms with Gasteiger partial charge in [-0.15, -0.1) is 0 Å². The Bertz CT molecular complexity index is 345. The third kappa shape index (κ3) is 3.22. The summed E-state index contributed by atoms with van der Waals surface area (Å²) in [5.74, 6) is 2.32. The zero-order valence-corrected chi connectivity index (χ0v) is 10.7. The molecule has 0 radical (unpaired) electrons. The van der Waals surface area contributed by atoms with E-state index in [1.165, 1.54) is 37.7 Å². The molecule has 0 bridgehead atoms. The average Bonchev–Trinajstić information content (AvgIpc) is 2.89. The van der Waals surface area contributed by atoms with Crippen molar-refractivity contribution in [2.45, 2.75) is 38.0 Å². The van der Waals surface area contributed by atoms with Crippen LogP contribution in [0.2, 0.25) is 0 Å². The topological polar surface area (TPSA) is 35.2 Å². The molecular formula is C15H23NO. The Hall–Kier alpha value is -1.02. The molecule has 1 aromatic carbocycles. The van der Waals surface area contributed by atoms with Crippen LogP contribution in [0.4, 0.5) is 0 Å². The first-order valence-corrected chi connectivity index (χ1v) is 6.67. The Morgan fingerprint density at radius 3 is 2.76 bits per heavy atom. The van der Waals surface area contributed by atoms with Gasteiger partial charge in [0.05, 0.1) is 7.11 Å². The summed E-state index contributed by atoms with van der Waals surface area (Å²) in [5.41, 5.74) is 7.27. The van der Waals surface area contributed by atoms with Crippen LogP contribution in [0.1, 0.15) is 43.6 Å². The lowest BCUT2D eigenvalue weighted by atomic mass is 9.88. The van der Waals surface area contributed by atoms with Crippen molar-refractivity contribution in [3.8, 4) is 5.75 Å². The smallest absolute Gasteiger partial charge is 0.119 e. The van der Waals surface area contributed by atoms with E-state index in [1.807, 2.05) is 6.07 Å².